The predicted octanol–water partition coefficient (Wildman–Crippen LogP) is 0.976. The molecule has 0 bridgehead atoms. The topological polar surface area (TPSA) is 37.4 Å². The summed E-state index contributed by atoms with van der Waals surface area (Å²) in [5.41, 5.74) is -0.163. The second kappa shape index (κ2) is 2.88. The van der Waals surface area contributed by atoms with Crippen LogP contribution in [-0.4, -0.2) is 28.7 Å². The maximum absolute atomic E-state index is 11.3. The van der Waals surface area contributed by atoms with Crippen LogP contribution >= 0.6 is 0 Å². The number of ketones is 1. The number of amides is 1. The van der Waals surface area contributed by atoms with Crippen molar-refractivity contribution in [3.63, 3.8) is 0 Å². The zero-order valence-corrected chi connectivity index (χ0v) is 7.89. The summed E-state index contributed by atoms with van der Waals surface area (Å²) >= 11 is 0. The van der Waals surface area contributed by atoms with E-state index in [4.69, 9.17) is 0 Å². The average Bonchev–Trinajstić information content (AvgIpc) is 2.31. The Hall–Kier alpha value is -0.860. The number of likely N-dealkylation sites (tertiary alicyclic amines) is 1. The number of Topliss-reactive ketones (excluding diaryl/α,β-unsaturated/α-hetero) is 1. The van der Waals surface area contributed by atoms with Gasteiger partial charge in [-0.25, -0.2) is 0 Å². The summed E-state index contributed by atoms with van der Waals surface area (Å²) in [6, 6.07) is 0. The lowest BCUT2D eigenvalue weighted by Gasteiger charge is -2.33. The van der Waals surface area contributed by atoms with Gasteiger partial charge in [0, 0.05) is 5.54 Å². The van der Waals surface area contributed by atoms with Crippen LogP contribution in [0.25, 0.3) is 0 Å². The molecule has 1 amide bonds. The second-order valence-electron chi connectivity index (χ2n) is 3.86. The Morgan fingerprint density at radius 3 is 2.33 bits per heavy atom. The van der Waals surface area contributed by atoms with Crippen molar-refractivity contribution in [2.75, 3.05) is 6.54 Å². The Kier molecular flexibility index (Phi) is 2.22. The fraction of sp³-hybridized carbons (Fsp3) is 0.778. The molecule has 0 aromatic rings. The molecule has 0 N–H and O–H groups in total. The molecule has 1 fully saturated rings. The highest BCUT2D eigenvalue weighted by atomic mass is 16.2. The third-order valence-corrected chi connectivity index (χ3v) is 2.58. The number of hydrogen-bond acceptors (Lipinski definition) is 2. The number of rotatable bonds is 2. The van der Waals surface area contributed by atoms with Crippen molar-refractivity contribution in [3.8, 4) is 0 Å². The summed E-state index contributed by atoms with van der Waals surface area (Å²) in [5.74, 6) is 0.0216. The number of nitrogens with zero attached hydrogens (tertiary/aromatic N) is 1. The van der Waals surface area contributed by atoms with Crippen LogP contribution < -0.4 is 0 Å². The Balaban J connectivity index is 2.76. The maximum Gasteiger partial charge on any atom is 0.230 e. The van der Waals surface area contributed by atoms with Crippen molar-refractivity contribution in [3.05, 3.63) is 0 Å². The fourth-order valence-electron chi connectivity index (χ4n) is 1.33. The summed E-state index contributed by atoms with van der Waals surface area (Å²) in [6.07, 6.45) is 0.982. The molecule has 0 aromatic carbocycles. The molecular weight excluding hydrogens is 154 g/mol. The van der Waals surface area contributed by atoms with E-state index in [-0.39, 0.29) is 23.7 Å². The first kappa shape index (κ1) is 9.23. The van der Waals surface area contributed by atoms with Crippen molar-refractivity contribution < 1.29 is 9.59 Å². The van der Waals surface area contributed by atoms with E-state index in [1.165, 1.54) is 0 Å². The van der Waals surface area contributed by atoms with Gasteiger partial charge in [0.1, 0.15) is 0 Å². The van der Waals surface area contributed by atoms with Gasteiger partial charge in [0.2, 0.25) is 5.91 Å². The highest BCUT2D eigenvalue weighted by Gasteiger charge is 2.36. The zero-order valence-electron chi connectivity index (χ0n) is 7.89. The van der Waals surface area contributed by atoms with Gasteiger partial charge < -0.3 is 4.90 Å². The first-order valence-corrected chi connectivity index (χ1v) is 4.29. The molecular formula is C9H15NO2. The van der Waals surface area contributed by atoms with Crippen LogP contribution in [0.5, 0.6) is 0 Å². The second-order valence-corrected chi connectivity index (χ2v) is 3.86. The summed E-state index contributed by atoms with van der Waals surface area (Å²) in [5, 5.41) is 0. The summed E-state index contributed by atoms with van der Waals surface area (Å²) < 4.78 is 0. The highest BCUT2D eigenvalue weighted by molar-refractivity contribution is 6.05. The fourth-order valence-corrected chi connectivity index (χ4v) is 1.33. The van der Waals surface area contributed by atoms with Crippen LogP contribution in [-0.2, 0) is 9.59 Å². The first-order valence-electron chi connectivity index (χ1n) is 4.29. The quantitative estimate of drug-likeness (QED) is 0.578. The molecule has 1 saturated heterocycles. The summed E-state index contributed by atoms with van der Waals surface area (Å²) in [6.45, 7) is 6.31. The smallest absolute Gasteiger partial charge is 0.230 e. The van der Waals surface area contributed by atoms with Gasteiger partial charge in [-0.1, -0.05) is 6.92 Å². The van der Waals surface area contributed by atoms with Crippen molar-refractivity contribution in [1.82, 2.24) is 4.90 Å². The van der Waals surface area contributed by atoms with E-state index in [1.807, 2.05) is 20.8 Å². The Labute approximate surface area is 72.7 Å². The molecule has 0 radical (unpaired) electrons. The molecule has 3 nitrogen and oxygen atoms in total. The summed E-state index contributed by atoms with van der Waals surface area (Å²) in [7, 11) is 0. The number of hydrogen-bond donors (Lipinski definition) is 0. The standard InChI is InChI=1S/C9H15NO2/c1-4-9(2,3)10-6-7(11)5-8(10)12/h4-6H2,1-3H3. The van der Waals surface area contributed by atoms with E-state index < -0.39 is 0 Å². The number of carbonyl (C=O) groups excluding carboxylic acids is 2. The zero-order chi connectivity index (χ0) is 9.35. The van der Waals surface area contributed by atoms with E-state index >= 15 is 0 Å². The third-order valence-electron chi connectivity index (χ3n) is 2.58. The van der Waals surface area contributed by atoms with Crippen molar-refractivity contribution >= 4 is 11.7 Å². The molecule has 1 rings (SSSR count). The van der Waals surface area contributed by atoms with Gasteiger partial charge in [-0.15, -0.1) is 0 Å². The normalized spacial score (nSPS) is 19.1. The minimum atomic E-state index is -0.163. The first-order chi connectivity index (χ1) is 5.47. The van der Waals surface area contributed by atoms with Gasteiger partial charge in [-0.2, -0.15) is 0 Å². The Bertz CT molecular complexity index is 221. The molecule has 1 heterocycles. The van der Waals surface area contributed by atoms with Crippen LogP contribution in [0.4, 0.5) is 0 Å². The van der Waals surface area contributed by atoms with E-state index in [1.54, 1.807) is 4.90 Å². The van der Waals surface area contributed by atoms with Gasteiger partial charge in [0.25, 0.3) is 0 Å². The average molecular weight is 169 g/mol. The minimum absolute atomic E-state index is 0.0214. The van der Waals surface area contributed by atoms with Crippen LogP contribution in [0.1, 0.15) is 33.6 Å². The van der Waals surface area contributed by atoms with Crippen LogP contribution in [0.3, 0.4) is 0 Å². The van der Waals surface area contributed by atoms with E-state index in [0.29, 0.717) is 6.54 Å². The van der Waals surface area contributed by atoms with Crippen molar-refractivity contribution in [2.24, 2.45) is 0 Å². The molecule has 0 aromatic heterocycles. The van der Waals surface area contributed by atoms with E-state index in [9.17, 15) is 9.59 Å². The van der Waals surface area contributed by atoms with E-state index in [0.717, 1.165) is 6.42 Å². The van der Waals surface area contributed by atoms with Gasteiger partial charge in [0.05, 0.1) is 13.0 Å². The molecule has 0 unspecified atom stereocenters. The van der Waals surface area contributed by atoms with Crippen LogP contribution in [0.2, 0.25) is 0 Å². The molecule has 1 aliphatic heterocycles. The van der Waals surface area contributed by atoms with Gasteiger partial charge in [0.15, 0.2) is 5.78 Å². The molecule has 1 aliphatic rings. The van der Waals surface area contributed by atoms with Gasteiger partial charge >= 0.3 is 0 Å². The van der Waals surface area contributed by atoms with E-state index in [2.05, 4.69) is 0 Å². The molecule has 0 spiro atoms. The molecule has 0 aliphatic carbocycles. The molecule has 68 valence electrons. The minimum Gasteiger partial charge on any atom is -0.330 e. The molecule has 12 heavy (non-hydrogen) atoms. The van der Waals surface area contributed by atoms with Crippen molar-refractivity contribution in [1.29, 1.82) is 0 Å². The third kappa shape index (κ3) is 1.49. The Morgan fingerprint density at radius 2 is 2.00 bits per heavy atom. The molecule has 0 saturated carbocycles. The SMILES string of the molecule is CCC(C)(C)N1CC(=O)CC1=O. The van der Waals surface area contributed by atoms with Gasteiger partial charge in [-0.3, -0.25) is 9.59 Å². The Morgan fingerprint density at radius 1 is 1.42 bits per heavy atom. The van der Waals surface area contributed by atoms with Crippen LogP contribution in [0, 0.1) is 0 Å². The van der Waals surface area contributed by atoms with Gasteiger partial charge in [-0.05, 0) is 20.3 Å². The lowest BCUT2D eigenvalue weighted by atomic mass is 10.00. The predicted molar refractivity (Wildman–Crippen MR) is 45.7 cm³/mol. The maximum atomic E-state index is 11.3. The largest absolute Gasteiger partial charge is 0.330 e. The lowest BCUT2D eigenvalue weighted by molar-refractivity contribution is -0.132. The number of carbonyl (C=O) groups is 2. The lowest BCUT2D eigenvalue weighted by Crippen LogP contribution is -2.44. The molecule has 0 atom stereocenters. The van der Waals surface area contributed by atoms with Crippen molar-refractivity contribution in [2.45, 2.75) is 39.2 Å². The van der Waals surface area contributed by atoms with Crippen LogP contribution in [0.15, 0.2) is 0 Å². The summed E-state index contributed by atoms with van der Waals surface area (Å²) in [4.78, 5) is 23.9. The monoisotopic (exact) mass is 169 g/mol. The molecule has 3 heteroatoms. The highest BCUT2D eigenvalue weighted by Crippen LogP contribution is 2.22.